The average Bonchev–Trinajstić information content (AvgIpc) is 3.10. The van der Waals surface area contributed by atoms with Crippen LogP contribution in [0, 0.1) is 11.3 Å². The summed E-state index contributed by atoms with van der Waals surface area (Å²) in [6.45, 7) is 0.00148. The normalized spacial score (nSPS) is 21.3. The van der Waals surface area contributed by atoms with Gasteiger partial charge in [0.15, 0.2) is 11.9 Å². The van der Waals surface area contributed by atoms with E-state index in [1.165, 1.54) is 6.20 Å². The van der Waals surface area contributed by atoms with Crippen LogP contribution in [0.4, 0.5) is 11.5 Å². The molecule has 154 valence electrons. The van der Waals surface area contributed by atoms with Gasteiger partial charge in [0.2, 0.25) is 0 Å². The van der Waals surface area contributed by atoms with E-state index in [1.54, 1.807) is 35.0 Å². The standard InChI is InChI=1S/C20H18ClN5O4/c21-12-1-3-13(4-2-12)24-17-16-14(6-10-23-18(16)27)26(25-17)20(8-9-22)7-5-15(19(28)29)30-11-20/h1-4,6,10,15H,5,7-8,11H2,(H,23,27)(H,24,25)(H,28,29)/t15-,20-/m0/s1. The van der Waals surface area contributed by atoms with Gasteiger partial charge in [-0.15, -0.1) is 0 Å². The Balaban J connectivity index is 1.81. The van der Waals surface area contributed by atoms with E-state index >= 15 is 0 Å². The number of fused-ring (bicyclic) bond motifs is 1. The van der Waals surface area contributed by atoms with E-state index in [2.05, 4.69) is 21.5 Å². The Bertz CT molecular complexity index is 1190. The minimum Gasteiger partial charge on any atom is -0.479 e. The molecule has 0 bridgehead atoms. The maximum absolute atomic E-state index is 12.6. The molecule has 0 radical (unpaired) electrons. The zero-order valence-electron chi connectivity index (χ0n) is 15.8. The predicted octanol–water partition coefficient (Wildman–Crippen LogP) is 2.99. The number of H-pyrrole nitrogens is 1. The van der Waals surface area contributed by atoms with Crippen molar-refractivity contribution >= 4 is 40.0 Å². The molecule has 0 spiro atoms. The fourth-order valence-electron chi connectivity index (χ4n) is 3.73. The largest absolute Gasteiger partial charge is 0.479 e. The van der Waals surface area contributed by atoms with Gasteiger partial charge in [0, 0.05) is 16.9 Å². The third-order valence-corrected chi connectivity index (χ3v) is 5.52. The Labute approximate surface area is 175 Å². The van der Waals surface area contributed by atoms with Gasteiger partial charge in [-0.05, 0) is 43.2 Å². The fourth-order valence-corrected chi connectivity index (χ4v) is 3.86. The Kier molecular flexibility index (Phi) is 5.20. The molecule has 9 nitrogen and oxygen atoms in total. The van der Waals surface area contributed by atoms with Crippen molar-refractivity contribution in [1.29, 1.82) is 5.26 Å². The highest BCUT2D eigenvalue weighted by Gasteiger charge is 2.42. The Hall–Kier alpha value is -3.35. The van der Waals surface area contributed by atoms with Gasteiger partial charge in [-0.1, -0.05) is 11.6 Å². The number of halogens is 1. The summed E-state index contributed by atoms with van der Waals surface area (Å²) in [5, 5.41) is 27.4. The second kappa shape index (κ2) is 7.82. The fraction of sp³-hybridized carbons (Fsp3) is 0.300. The van der Waals surface area contributed by atoms with Crippen LogP contribution < -0.4 is 10.9 Å². The molecule has 2 aromatic heterocycles. The molecule has 0 aliphatic carbocycles. The maximum atomic E-state index is 12.6. The van der Waals surface area contributed by atoms with Crippen molar-refractivity contribution in [3.8, 4) is 6.07 Å². The first-order valence-electron chi connectivity index (χ1n) is 9.28. The van der Waals surface area contributed by atoms with Crippen molar-refractivity contribution in [2.75, 3.05) is 11.9 Å². The van der Waals surface area contributed by atoms with Crippen molar-refractivity contribution in [3.05, 3.63) is 51.9 Å². The van der Waals surface area contributed by atoms with Crippen LogP contribution in [-0.2, 0) is 15.1 Å². The van der Waals surface area contributed by atoms with Crippen molar-refractivity contribution in [2.24, 2.45) is 0 Å². The summed E-state index contributed by atoms with van der Waals surface area (Å²) in [4.78, 5) is 26.5. The van der Waals surface area contributed by atoms with E-state index in [4.69, 9.17) is 16.3 Å². The molecular formula is C20H18ClN5O4. The minimum atomic E-state index is -1.03. The van der Waals surface area contributed by atoms with E-state index in [0.29, 0.717) is 33.9 Å². The number of aliphatic carboxylic acids is 1. The van der Waals surface area contributed by atoms with E-state index in [9.17, 15) is 20.0 Å². The van der Waals surface area contributed by atoms with Gasteiger partial charge in [-0.2, -0.15) is 10.4 Å². The van der Waals surface area contributed by atoms with Gasteiger partial charge in [0.05, 0.1) is 30.2 Å². The van der Waals surface area contributed by atoms with Crippen LogP contribution in [0.15, 0.2) is 41.3 Å². The monoisotopic (exact) mass is 427 g/mol. The molecule has 2 atom stereocenters. The van der Waals surface area contributed by atoms with Gasteiger partial charge in [-0.25, -0.2) is 4.79 Å². The van der Waals surface area contributed by atoms with Gasteiger partial charge in [0.1, 0.15) is 5.39 Å². The number of nitrogens with zero attached hydrogens (tertiary/aromatic N) is 3. The molecule has 0 saturated carbocycles. The number of hydrogen-bond donors (Lipinski definition) is 3. The highest BCUT2D eigenvalue weighted by atomic mass is 35.5. The zero-order valence-corrected chi connectivity index (χ0v) is 16.5. The first-order valence-corrected chi connectivity index (χ1v) is 9.66. The number of nitrogens with one attached hydrogen (secondary N) is 2. The van der Waals surface area contributed by atoms with Crippen molar-refractivity contribution < 1.29 is 14.6 Å². The number of anilines is 2. The summed E-state index contributed by atoms with van der Waals surface area (Å²) in [5.74, 6) is -0.709. The quantitative estimate of drug-likeness (QED) is 0.569. The van der Waals surface area contributed by atoms with E-state index < -0.39 is 17.6 Å². The molecule has 10 heteroatoms. The molecule has 30 heavy (non-hydrogen) atoms. The average molecular weight is 428 g/mol. The number of nitriles is 1. The van der Waals surface area contributed by atoms with Crippen molar-refractivity contribution in [3.63, 3.8) is 0 Å². The Morgan fingerprint density at radius 3 is 2.83 bits per heavy atom. The lowest BCUT2D eigenvalue weighted by Crippen LogP contribution is -2.46. The van der Waals surface area contributed by atoms with E-state index in [-0.39, 0.29) is 25.0 Å². The summed E-state index contributed by atoms with van der Waals surface area (Å²) in [6.07, 6.45) is 1.26. The third-order valence-electron chi connectivity index (χ3n) is 5.27. The molecular weight excluding hydrogens is 410 g/mol. The summed E-state index contributed by atoms with van der Waals surface area (Å²) in [5.41, 5.74) is 0.00631. The number of carboxylic acid groups (broad SMARTS) is 1. The van der Waals surface area contributed by atoms with Crippen molar-refractivity contribution in [1.82, 2.24) is 14.8 Å². The molecule has 0 amide bonds. The summed E-state index contributed by atoms with van der Waals surface area (Å²) in [6, 6.07) is 10.8. The van der Waals surface area contributed by atoms with Gasteiger partial charge < -0.3 is 20.1 Å². The van der Waals surface area contributed by atoms with Crippen molar-refractivity contribution in [2.45, 2.75) is 30.9 Å². The van der Waals surface area contributed by atoms with Crippen LogP contribution in [0.2, 0.25) is 5.02 Å². The number of carboxylic acids is 1. The molecule has 3 aromatic rings. The zero-order chi connectivity index (χ0) is 21.3. The number of benzene rings is 1. The van der Waals surface area contributed by atoms with E-state index in [1.807, 2.05) is 0 Å². The summed E-state index contributed by atoms with van der Waals surface area (Å²) < 4.78 is 7.17. The molecule has 1 fully saturated rings. The Morgan fingerprint density at radius 1 is 1.43 bits per heavy atom. The molecule has 1 aliphatic rings. The number of aromatic nitrogens is 3. The number of rotatable bonds is 5. The SMILES string of the molecule is N#CC[C@@]1(n2nc(Nc3ccc(Cl)cc3)c3c(=O)[nH]ccc32)CC[C@@H](C(=O)O)OC1. The molecule has 3 N–H and O–H groups in total. The van der Waals surface area contributed by atoms with Crippen LogP contribution in [0.1, 0.15) is 19.3 Å². The Morgan fingerprint density at radius 2 is 2.20 bits per heavy atom. The van der Waals surface area contributed by atoms with Gasteiger partial charge in [0.25, 0.3) is 5.56 Å². The molecule has 1 saturated heterocycles. The first-order chi connectivity index (χ1) is 14.4. The lowest BCUT2D eigenvalue weighted by molar-refractivity contribution is -0.158. The van der Waals surface area contributed by atoms with Gasteiger partial charge >= 0.3 is 5.97 Å². The van der Waals surface area contributed by atoms with Gasteiger partial charge in [-0.3, -0.25) is 9.48 Å². The first kappa shape index (κ1) is 19.9. The van der Waals surface area contributed by atoms with Crippen LogP contribution in [0.3, 0.4) is 0 Å². The highest BCUT2D eigenvalue weighted by Crippen LogP contribution is 2.37. The predicted molar refractivity (Wildman–Crippen MR) is 110 cm³/mol. The second-order valence-electron chi connectivity index (χ2n) is 7.20. The molecule has 0 unspecified atom stereocenters. The summed E-state index contributed by atoms with van der Waals surface area (Å²) >= 11 is 5.94. The van der Waals surface area contributed by atoms with E-state index in [0.717, 1.165) is 0 Å². The van der Waals surface area contributed by atoms with Crippen LogP contribution in [0.25, 0.3) is 10.9 Å². The lowest BCUT2D eigenvalue weighted by atomic mass is 9.87. The molecule has 1 aliphatic heterocycles. The molecule has 3 heterocycles. The smallest absolute Gasteiger partial charge is 0.332 e. The maximum Gasteiger partial charge on any atom is 0.332 e. The number of carbonyl (C=O) groups is 1. The highest BCUT2D eigenvalue weighted by molar-refractivity contribution is 6.30. The van der Waals surface area contributed by atoms with Crippen LogP contribution in [0.5, 0.6) is 0 Å². The topological polar surface area (TPSA) is 133 Å². The second-order valence-corrected chi connectivity index (χ2v) is 7.63. The van der Waals surface area contributed by atoms with Crippen LogP contribution >= 0.6 is 11.6 Å². The number of pyridine rings is 1. The number of hydrogen-bond acceptors (Lipinski definition) is 6. The number of aromatic amines is 1. The lowest BCUT2D eigenvalue weighted by Gasteiger charge is -2.38. The number of ether oxygens (including phenoxy) is 1. The summed E-state index contributed by atoms with van der Waals surface area (Å²) in [7, 11) is 0. The molecule has 1 aromatic carbocycles. The van der Waals surface area contributed by atoms with Crippen LogP contribution in [-0.4, -0.2) is 38.6 Å². The third kappa shape index (κ3) is 3.51. The molecule has 4 rings (SSSR count). The minimum absolute atomic E-state index is 0.00148.